The monoisotopic (exact) mass is 442 g/mol. The van der Waals surface area contributed by atoms with Gasteiger partial charge >= 0.3 is 7.82 Å². The van der Waals surface area contributed by atoms with Crippen LogP contribution >= 0.6 is 19.6 Å². The first-order chi connectivity index (χ1) is 14.2. The number of phosphoric acid groups is 1. The number of rotatable bonds is 4. The second kappa shape index (κ2) is 7.00. The lowest BCUT2D eigenvalue weighted by molar-refractivity contribution is 0.0107. The van der Waals surface area contributed by atoms with E-state index >= 15 is 0 Å². The van der Waals surface area contributed by atoms with E-state index in [-0.39, 0.29) is 16.9 Å². The Bertz CT molecular complexity index is 1080. The smallest absolute Gasteiger partial charge is 0.403 e. The van der Waals surface area contributed by atoms with Crippen molar-refractivity contribution in [3.05, 3.63) is 59.7 Å². The highest BCUT2D eigenvalue weighted by molar-refractivity contribution is 7.99. The molecule has 5 rings (SSSR count). The summed E-state index contributed by atoms with van der Waals surface area (Å²) in [5.74, 6) is 0.898. The molecule has 2 aromatic carbocycles. The molecule has 4 atom stereocenters. The standard InChI is InChI=1S/C24H27O4PS/c1-23(2)17-12-13-24(23,3)22(15-17)28-29(25,26)27-19-14-16-8-4-6-10-20(16)30-21-11-7-5-9-18(19)21/h4-11,14,17,22H,12-13,15H2,1-3H3,(H,25,26)/t17-,22+,24+/m0/s1. The van der Waals surface area contributed by atoms with Crippen molar-refractivity contribution in [2.75, 3.05) is 0 Å². The van der Waals surface area contributed by atoms with Gasteiger partial charge in [0.2, 0.25) is 0 Å². The Labute approximate surface area is 182 Å². The Hall–Kier alpha value is -1.52. The molecule has 2 saturated carbocycles. The normalized spacial score (nSPS) is 30.6. The van der Waals surface area contributed by atoms with Gasteiger partial charge in [-0.05, 0) is 59.8 Å². The summed E-state index contributed by atoms with van der Waals surface area (Å²) in [6.07, 6.45) is 4.56. The lowest BCUT2D eigenvalue weighted by Crippen LogP contribution is -2.36. The molecule has 0 saturated heterocycles. The minimum absolute atomic E-state index is 0.0986. The minimum Gasteiger partial charge on any atom is -0.403 e. The van der Waals surface area contributed by atoms with Crippen molar-refractivity contribution < 1.29 is 18.5 Å². The van der Waals surface area contributed by atoms with Gasteiger partial charge in [0.15, 0.2) is 0 Å². The third-order valence-electron chi connectivity index (χ3n) is 7.77. The highest BCUT2D eigenvalue weighted by Gasteiger charge is 2.63. The lowest BCUT2D eigenvalue weighted by Gasteiger charge is -2.39. The van der Waals surface area contributed by atoms with E-state index in [0.29, 0.717) is 11.7 Å². The van der Waals surface area contributed by atoms with E-state index in [1.165, 1.54) is 0 Å². The third-order valence-corrected chi connectivity index (χ3v) is 9.88. The topological polar surface area (TPSA) is 55.8 Å². The Balaban J connectivity index is 1.46. The Kier molecular flexibility index (Phi) is 4.75. The van der Waals surface area contributed by atoms with E-state index in [4.69, 9.17) is 9.05 Å². The van der Waals surface area contributed by atoms with Crippen LogP contribution in [0, 0.1) is 16.7 Å². The van der Waals surface area contributed by atoms with E-state index < -0.39 is 7.82 Å². The fourth-order valence-corrected chi connectivity index (χ4v) is 7.60. The minimum atomic E-state index is -4.30. The van der Waals surface area contributed by atoms with Crippen molar-refractivity contribution in [2.24, 2.45) is 16.7 Å². The fraction of sp³-hybridized carbons (Fsp3) is 0.417. The van der Waals surface area contributed by atoms with Gasteiger partial charge in [0, 0.05) is 15.4 Å². The average molecular weight is 443 g/mol. The molecule has 0 spiro atoms. The van der Waals surface area contributed by atoms with E-state index in [9.17, 15) is 9.46 Å². The maximum absolute atomic E-state index is 13.2. The largest absolute Gasteiger partial charge is 0.527 e. The van der Waals surface area contributed by atoms with Crippen LogP contribution in [0.15, 0.2) is 58.3 Å². The maximum atomic E-state index is 13.2. The first-order valence-corrected chi connectivity index (χ1v) is 12.8. The summed E-state index contributed by atoms with van der Waals surface area (Å²) in [6, 6.07) is 15.8. The van der Waals surface area contributed by atoms with Crippen molar-refractivity contribution in [3.8, 4) is 0 Å². The van der Waals surface area contributed by atoms with Crippen LogP contribution in [-0.4, -0.2) is 11.0 Å². The molecule has 1 aliphatic heterocycles. The molecule has 0 aromatic heterocycles. The molecule has 1 N–H and O–H groups in total. The van der Waals surface area contributed by atoms with Crippen LogP contribution in [0.5, 0.6) is 0 Å². The van der Waals surface area contributed by atoms with Crippen LogP contribution < -0.4 is 0 Å². The molecule has 2 aliphatic carbocycles. The van der Waals surface area contributed by atoms with Crippen molar-refractivity contribution in [1.82, 2.24) is 0 Å². The van der Waals surface area contributed by atoms with Crippen molar-refractivity contribution in [1.29, 1.82) is 0 Å². The van der Waals surface area contributed by atoms with Crippen LogP contribution in [0.1, 0.15) is 51.2 Å². The first-order valence-electron chi connectivity index (χ1n) is 10.5. The van der Waals surface area contributed by atoms with E-state index in [1.54, 1.807) is 11.8 Å². The molecule has 2 fully saturated rings. The number of fused-ring (bicyclic) bond motifs is 4. The zero-order chi connectivity index (χ0) is 21.1. The van der Waals surface area contributed by atoms with E-state index in [0.717, 1.165) is 40.2 Å². The van der Waals surface area contributed by atoms with Crippen LogP contribution in [0.2, 0.25) is 0 Å². The van der Waals surface area contributed by atoms with Crippen molar-refractivity contribution in [3.63, 3.8) is 0 Å². The predicted molar refractivity (Wildman–Crippen MR) is 120 cm³/mol. The molecule has 0 amide bonds. The second-order valence-electron chi connectivity index (χ2n) is 9.41. The summed E-state index contributed by atoms with van der Waals surface area (Å²) >= 11 is 1.63. The van der Waals surface area contributed by atoms with Crippen molar-refractivity contribution in [2.45, 2.75) is 55.9 Å². The second-order valence-corrected chi connectivity index (χ2v) is 11.8. The molecule has 0 radical (unpaired) electrons. The zero-order valence-corrected chi connectivity index (χ0v) is 19.2. The first kappa shape index (κ1) is 20.4. The Morgan fingerprint density at radius 2 is 1.77 bits per heavy atom. The molecule has 2 aromatic rings. The van der Waals surface area contributed by atoms with Crippen LogP contribution in [-0.2, 0) is 13.6 Å². The van der Waals surface area contributed by atoms with Gasteiger partial charge in [-0.3, -0.25) is 9.42 Å². The SMILES string of the molecule is CC1(C)[C@H]2CC[C@]1(C)[C@H](OP(=O)(O)OC1=Cc3ccccc3Sc3ccccc31)C2. The van der Waals surface area contributed by atoms with Gasteiger partial charge in [0.25, 0.3) is 0 Å². The van der Waals surface area contributed by atoms with Gasteiger partial charge in [0.1, 0.15) is 5.76 Å². The van der Waals surface area contributed by atoms with Crippen LogP contribution in [0.25, 0.3) is 11.8 Å². The van der Waals surface area contributed by atoms with Gasteiger partial charge in [-0.1, -0.05) is 68.9 Å². The Morgan fingerprint density at radius 1 is 1.07 bits per heavy atom. The Morgan fingerprint density at radius 3 is 2.47 bits per heavy atom. The quantitative estimate of drug-likeness (QED) is 0.517. The summed E-state index contributed by atoms with van der Waals surface area (Å²) in [5, 5.41) is 0. The van der Waals surface area contributed by atoms with Gasteiger partial charge in [-0.25, -0.2) is 4.57 Å². The molecule has 4 nitrogen and oxygen atoms in total. The summed E-state index contributed by atoms with van der Waals surface area (Å²) in [5.41, 5.74) is 1.75. The van der Waals surface area contributed by atoms with Gasteiger partial charge in [-0.15, -0.1) is 0 Å². The number of benzene rings is 2. The average Bonchev–Trinajstić information content (AvgIpc) is 2.94. The molecule has 158 valence electrons. The van der Waals surface area contributed by atoms with Crippen LogP contribution in [0.4, 0.5) is 0 Å². The van der Waals surface area contributed by atoms with E-state index in [1.807, 2.05) is 54.6 Å². The highest BCUT2D eigenvalue weighted by Crippen LogP contribution is 2.68. The maximum Gasteiger partial charge on any atom is 0.527 e. The predicted octanol–water partition coefficient (Wildman–Crippen LogP) is 7.00. The fourth-order valence-electron chi connectivity index (χ4n) is 5.46. The van der Waals surface area contributed by atoms with E-state index in [2.05, 4.69) is 20.8 Å². The summed E-state index contributed by atoms with van der Waals surface area (Å²) in [4.78, 5) is 12.8. The summed E-state index contributed by atoms with van der Waals surface area (Å²) in [6.45, 7) is 6.71. The van der Waals surface area contributed by atoms with Gasteiger partial charge in [-0.2, -0.15) is 0 Å². The van der Waals surface area contributed by atoms with Crippen molar-refractivity contribution >= 4 is 31.4 Å². The third kappa shape index (κ3) is 3.18. The number of phosphoric ester groups is 1. The zero-order valence-electron chi connectivity index (χ0n) is 17.5. The molecule has 2 bridgehead atoms. The molecule has 1 heterocycles. The summed E-state index contributed by atoms with van der Waals surface area (Å²) in [7, 11) is -4.30. The van der Waals surface area contributed by atoms with Gasteiger partial charge in [0.05, 0.1) is 6.10 Å². The molecule has 6 heteroatoms. The molecular weight excluding hydrogens is 415 g/mol. The van der Waals surface area contributed by atoms with Gasteiger partial charge < -0.3 is 4.52 Å². The highest BCUT2D eigenvalue weighted by atomic mass is 32.2. The number of hydrogen-bond donors (Lipinski definition) is 1. The molecular formula is C24H27O4PS. The number of hydrogen-bond acceptors (Lipinski definition) is 4. The molecule has 1 unspecified atom stereocenters. The lowest BCUT2D eigenvalue weighted by atomic mass is 9.70. The molecule has 30 heavy (non-hydrogen) atoms. The molecule has 3 aliphatic rings. The van der Waals surface area contributed by atoms with Crippen LogP contribution in [0.3, 0.4) is 0 Å². The summed E-state index contributed by atoms with van der Waals surface area (Å²) < 4.78 is 24.8.